The lowest BCUT2D eigenvalue weighted by atomic mass is 10.1. The first kappa shape index (κ1) is 15.5. The van der Waals surface area contributed by atoms with E-state index in [1.807, 2.05) is 36.4 Å². The number of ether oxygens (including phenoxy) is 1. The highest BCUT2D eigenvalue weighted by Gasteiger charge is 2.07. The summed E-state index contributed by atoms with van der Waals surface area (Å²) in [5.74, 6) is 0.725. The van der Waals surface area contributed by atoms with Gasteiger partial charge in [-0.05, 0) is 48.6 Å². The van der Waals surface area contributed by atoms with E-state index in [2.05, 4.69) is 15.6 Å². The lowest BCUT2D eigenvalue weighted by Gasteiger charge is -2.13. The largest absolute Gasteiger partial charge is 0.494 e. The summed E-state index contributed by atoms with van der Waals surface area (Å²) in [6, 6.07) is 15.0. The molecule has 1 heterocycles. The summed E-state index contributed by atoms with van der Waals surface area (Å²) in [6.07, 6.45) is 1.72. The zero-order valence-electron chi connectivity index (χ0n) is 12.3. The molecule has 0 saturated carbocycles. The molecule has 6 heteroatoms. The molecule has 0 aliphatic heterocycles. The van der Waals surface area contributed by atoms with Gasteiger partial charge in [-0.25, -0.2) is 0 Å². The Kier molecular flexibility index (Phi) is 4.60. The fraction of sp³-hybridized carbons (Fsp3) is 0.0588. The first-order valence-electron chi connectivity index (χ1n) is 6.92. The molecule has 0 spiro atoms. The van der Waals surface area contributed by atoms with Crippen LogP contribution >= 0.6 is 23.8 Å². The highest BCUT2D eigenvalue weighted by Crippen LogP contribution is 2.28. The van der Waals surface area contributed by atoms with Gasteiger partial charge < -0.3 is 15.4 Å². The predicted molar refractivity (Wildman–Crippen MR) is 99.6 cm³/mol. The second kappa shape index (κ2) is 6.81. The monoisotopic (exact) mass is 343 g/mol. The Balaban J connectivity index is 1.83. The lowest BCUT2D eigenvalue weighted by Crippen LogP contribution is -2.19. The molecule has 2 aromatic carbocycles. The molecule has 0 bridgehead atoms. The maximum Gasteiger partial charge on any atom is 0.175 e. The maximum atomic E-state index is 5.88. The van der Waals surface area contributed by atoms with E-state index in [9.17, 15) is 0 Å². The number of nitrogens with one attached hydrogen (secondary N) is 2. The van der Waals surface area contributed by atoms with E-state index in [1.165, 1.54) is 0 Å². The second-order valence-corrected chi connectivity index (χ2v) is 5.65. The van der Waals surface area contributed by atoms with Gasteiger partial charge in [-0.2, -0.15) is 0 Å². The maximum absolute atomic E-state index is 5.88. The van der Waals surface area contributed by atoms with Crippen LogP contribution in [-0.2, 0) is 0 Å². The second-order valence-electron chi connectivity index (χ2n) is 4.80. The van der Waals surface area contributed by atoms with Crippen LogP contribution in [0.1, 0.15) is 0 Å². The normalized spacial score (nSPS) is 10.3. The molecular weight excluding hydrogens is 330 g/mol. The van der Waals surface area contributed by atoms with Crippen molar-refractivity contribution in [3.63, 3.8) is 0 Å². The molecule has 0 unspecified atom stereocenters. The van der Waals surface area contributed by atoms with Crippen LogP contribution in [0.3, 0.4) is 0 Å². The van der Waals surface area contributed by atoms with Gasteiger partial charge in [0, 0.05) is 22.3 Å². The third kappa shape index (κ3) is 3.52. The number of benzene rings is 2. The van der Waals surface area contributed by atoms with Crippen molar-refractivity contribution in [1.82, 2.24) is 4.98 Å². The van der Waals surface area contributed by atoms with Crippen molar-refractivity contribution in [2.45, 2.75) is 0 Å². The quantitative estimate of drug-likeness (QED) is 0.675. The molecule has 0 fully saturated rings. The molecule has 1 aromatic heterocycles. The van der Waals surface area contributed by atoms with Gasteiger partial charge in [-0.15, -0.1) is 0 Å². The van der Waals surface area contributed by atoms with Crippen molar-refractivity contribution in [3.05, 3.63) is 59.8 Å². The SMILES string of the molecule is COc1cccc2c(NC(=S)Nc3ccc(Cl)cc3)ccnc12. The minimum Gasteiger partial charge on any atom is -0.494 e. The molecule has 0 atom stereocenters. The van der Waals surface area contributed by atoms with Gasteiger partial charge in [-0.3, -0.25) is 4.98 Å². The number of hydrogen-bond acceptors (Lipinski definition) is 3. The summed E-state index contributed by atoms with van der Waals surface area (Å²) in [5.41, 5.74) is 2.51. The van der Waals surface area contributed by atoms with Gasteiger partial charge in [0.25, 0.3) is 0 Å². The van der Waals surface area contributed by atoms with Gasteiger partial charge in [-0.1, -0.05) is 23.7 Å². The van der Waals surface area contributed by atoms with E-state index in [-0.39, 0.29) is 0 Å². The Labute approximate surface area is 144 Å². The van der Waals surface area contributed by atoms with Crippen LogP contribution in [0.25, 0.3) is 10.9 Å². The Morgan fingerprint density at radius 3 is 2.61 bits per heavy atom. The Morgan fingerprint density at radius 1 is 1.09 bits per heavy atom. The first-order valence-corrected chi connectivity index (χ1v) is 7.71. The van der Waals surface area contributed by atoms with E-state index < -0.39 is 0 Å². The number of methoxy groups -OCH3 is 1. The minimum absolute atomic E-state index is 0.489. The first-order chi connectivity index (χ1) is 11.2. The van der Waals surface area contributed by atoms with E-state index in [1.54, 1.807) is 25.4 Å². The predicted octanol–water partition coefficient (Wildman–Crippen LogP) is 4.71. The van der Waals surface area contributed by atoms with Crippen LogP contribution < -0.4 is 15.4 Å². The minimum atomic E-state index is 0.489. The Bertz CT molecular complexity index is 852. The summed E-state index contributed by atoms with van der Waals surface area (Å²) < 4.78 is 5.34. The number of aromatic nitrogens is 1. The van der Waals surface area contributed by atoms with E-state index in [4.69, 9.17) is 28.6 Å². The number of halogens is 1. The lowest BCUT2D eigenvalue weighted by molar-refractivity contribution is 0.419. The van der Waals surface area contributed by atoms with Gasteiger partial charge in [0.05, 0.1) is 12.8 Å². The van der Waals surface area contributed by atoms with Crippen molar-refractivity contribution in [2.75, 3.05) is 17.7 Å². The molecule has 0 radical (unpaired) electrons. The van der Waals surface area contributed by atoms with Crippen LogP contribution in [0.2, 0.25) is 5.02 Å². The van der Waals surface area contributed by atoms with Gasteiger partial charge in [0.15, 0.2) is 5.11 Å². The molecule has 0 saturated heterocycles. The molecule has 0 aliphatic carbocycles. The molecule has 0 amide bonds. The topological polar surface area (TPSA) is 46.2 Å². The van der Waals surface area contributed by atoms with Crippen LogP contribution in [0.4, 0.5) is 11.4 Å². The van der Waals surface area contributed by atoms with Crippen molar-refractivity contribution in [3.8, 4) is 5.75 Å². The summed E-state index contributed by atoms with van der Waals surface area (Å²) in [6.45, 7) is 0. The zero-order valence-corrected chi connectivity index (χ0v) is 13.9. The fourth-order valence-corrected chi connectivity index (χ4v) is 2.59. The molecule has 116 valence electrons. The van der Waals surface area contributed by atoms with Gasteiger partial charge in [0.1, 0.15) is 11.3 Å². The molecule has 3 aromatic rings. The molecule has 0 aliphatic rings. The van der Waals surface area contributed by atoms with Crippen molar-refractivity contribution in [2.24, 2.45) is 0 Å². The summed E-state index contributed by atoms with van der Waals surface area (Å²) in [4.78, 5) is 4.37. The van der Waals surface area contributed by atoms with Crippen LogP contribution in [-0.4, -0.2) is 17.2 Å². The number of fused-ring (bicyclic) bond motifs is 1. The standard InChI is InChI=1S/C17H14ClN3OS/c1-22-15-4-2-3-13-14(9-10-19-16(13)15)21-17(23)20-12-7-5-11(18)6-8-12/h2-10H,1H3,(H2,19,20,21,23). The number of thiocarbonyl (C=S) groups is 1. The van der Waals surface area contributed by atoms with E-state index in [0.29, 0.717) is 10.1 Å². The average molecular weight is 344 g/mol. The number of hydrogen-bond donors (Lipinski definition) is 2. The van der Waals surface area contributed by atoms with E-state index >= 15 is 0 Å². The molecule has 23 heavy (non-hydrogen) atoms. The number of pyridine rings is 1. The number of para-hydroxylation sites is 1. The molecule has 3 rings (SSSR count). The van der Waals surface area contributed by atoms with E-state index in [0.717, 1.165) is 28.0 Å². The third-order valence-electron chi connectivity index (χ3n) is 3.30. The Hall–Kier alpha value is -2.37. The summed E-state index contributed by atoms with van der Waals surface area (Å²) in [5, 5.41) is 8.42. The zero-order chi connectivity index (χ0) is 16.2. The fourth-order valence-electron chi connectivity index (χ4n) is 2.24. The van der Waals surface area contributed by atoms with Crippen molar-refractivity contribution < 1.29 is 4.74 Å². The number of rotatable bonds is 3. The smallest absolute Gasteiger partial charge is 0.175 e. The third-order valence-corrected chi connectivity index (χ3v) is 3.76. The Morgan fingerprint density at radius 2 is 1.87 bits per heavy atom. The van der Waals surface area contributed by atoms with Gasteiger partial charge in [0.2, 0.25) is 0 Å². The highest BCUT2D eigenvalue weighted by molar-refractivity contribution is 7.80. The highest BCUT2D eigenvalue weighted by atomic mass is 35.5. The molecular formula is C17H14ClN3OS. The van der Waals surface area contributed by atoms with Crippen LogP contribution in [0, 0.1) is 0 Å². The summed E-state index contributed by atoms with van der Waals surface area (Å²) in [7, 11) is 1.63. The van der Waals surface area contributed by atoms with Gasteiger partial charge >= 0.3 is 0 Å². The van der Waals surface area contributed by atoms with Crippen molar-refractivity contribution in [1.29, 1.82) is 0 Å². The molecule has 2 N–H and O–H groups in total. The molecule has 4 nitrogen and oxygen atoms in total. The number of anilines is 2. The van der Waals surface area contributed by atoms with Crippen molar-refractivity contribution >= 4 is 51.2 Å². The average Bonchev–Trinajstić information content (AvgIpc) is 2.57. The van der Waals surface area contributed by atoms with Crippen LogP contribution in [0.15, 0.2) is 54.7 Å². The van der Waals surface area contributed by atoms with Crippen LogP contribution in [0.5, 0.6) is 5.75 Å². The number of nitrogens with zero attached hydrogens (tertiary/aromatic N) is 1. The summed E-state index contributed by atoms with van der Waals surface area (Å²) >= 11 is 11.2.